The van der Waals surface area contributed by atoms with Gasteiger partial charge in [-0.25, -0.2) is 9.59 Å². The number of esters is 1. The van der Waals surface area contributed by atoms with Crippen LogP contribution in [0.5, 0.6) is 0 Å². The van der Waals surface area contributed by atoms with Crippen molar-refractivity contribution in [1.29, 1.82) is 0 Å². The summed E-state index contributed by atoms with van der Waals surface area (Å²) < 4.78 is 4.39. The highest BCUT2D eigenvalue weighted by atomic mass is 16.5. The van der Waals surface area contributed by atoms with Crippen molar-refractivity contribution < 1.29 is 19.4 Å². The van der Waals surface area contributed by atoms with Crippen molar-refractivity contribution in [2.75, 3.05) is 13.7 Å². The van der Waals surface area contributed by atoms with E-state index in [9.17, 15) is 9.59 Å². The van der Waals surface area contributed by atoms with E-state index >= 15 is 0 Å². The van der Waals surface area contributed by atoms with Gasteiger partial charge in [-0.15, -0.1) is 0 Å². The lowest BCUT2D eigenvalue weighted by Crippen LogP contribution is -2.53. The molecule has 15 heavy (non-hydrogen) atoms. The van der Waals surface area contributed by atoms with Gasteiger partial charge in [-0.05, 0) is 20.8 Å². The van der Waals surface area contributed by atoms with Gasteiger partial charge in [0.15, 0.2) is 6.04 Å². The molecule has 0 aromatic heterocycles. The highest BCUT2D eigenvalue weighted by Crippen LogP contribution is 1.98. The molecule has 0 aromatic carbocycles. The maximum atomic E-state index is 11.3. The van der Waals surface area contributed by atoms with E-state index in [4.69, 9.17) is 5.11 Å². The molecule has 0 aliphatic carbocycles. The standard InChI is InChI=1S/C9H18N2O4/c1-9(2,3)11-8(14)10-6(5-12)7(13)15-4/h6,12H,5H2,1-4H3,(H2,10,11,14). The summed E-state index contributed by atoms with van der Waals surface area (Å²) in [6.45, 7) is 4.92. The Labute approximate surface area is 89.0 Å². The molecular weight excluding hydrogens is 200 g/mol. The molecule has 6 heteroatoms. The van der Waals surface area contributed by atoms with Crippen LogP contribution in [0.15, 0.2) is 0 Å². The minimum Gasteiger partial charge on any atom is -0.467 e. The summed E-state index contributed by atoms with van der Waals surface area (Å²) in [5.41, 5.74) is -0.403. The summed E-state index contributed by atoms with van der Waals surface area (Å²) >= 11 is 0. The fourth-order valence-electron chi connectivity index (χ4n) is 0.856. The molecule has 0 fully saturated rings. The van der Waals surface area contributed by atoms with Gasteiger partial charge in [-0.3, -0.25) is 0 Å². The van der Waals surface area contributed by atoms with Crippen LogP contribution >= 0.6 is 0 Å². The molecule has 1 atom stereocenters. The van der Waals surface area contributed by atoms with Gasteiger partial charge in [0.25, 0.3) is 0 Å². The topological polar surface area (TPSA) is 87.7 Å². The third-order valence-corrected chi connectivity index (χ3v) is 1.46. The molecule has 3 N–H and O–H groups in total. The molecule has 0 heterocycles. The predicted molar refractivity (Wildman–Crippen MR) is 54.3 cm³/mol. The average molecular weight is 218 g/mol. The second-order valence-corrected chi connectivity index (χ2v) is 4.11. The van der Waals surface area contributed by atoms with Gasteiger partial charge < -0.3 is 20.5 Å². The quantitative estimate of drug-likeness (QED) is 0.563. The van der Waals surface area contributed by atoms with Gasteiger partial charge in [-0.1, -0.05) is 0 Å². The average Bonchev–Trinajstić information content (AvgIpc) is 2.10. The lowest BCUT2D eigenvalue weighted by atomic mass is 10.1. The number of urea groups is 1. The van der Waals surface area contributed by atoms with Crippen molar-refractivity contribution in [3.63, 3.8) is 0 Å². The fourth-order valence-corrected chi connectivity index (χ4v) is 0.856. The number of carbonyl (C=O) groups excluding carboxylic acids is 2. The third kappa shape index (κ3) is 5.90. The molecule has 0 rings (SSSR count). The zero-order valence-corrected chi connectivity index (χ0v) is 9.46. The second-order valence-electron chi connectivity index (χ2n) is 4.11. The summed E-state index contributed by atoms with van der Waals surface area (Å²) in [5, 5.41) is 13.7. The number of hydrogen-bond donors (Lipinski definition) is 3. The van der Waals surface area contributed by atoms with Crippen molar-refractivity contribution in [1.82, 2.24) is 10.6 Å². The Morgan fingerprint density at radius 2 is 1.93 bits per heavy atom. The van der Waals surface area contributed by atoms with Crippen molar-refractivity contribution in [2.24, 2.45) is 0 Å². The summed E-state index contributed by atoms with van der Waals surface area (Å²) in [7, 11) is 1.19. The van der Waals surface area contributed by atoms with Crippen LogP contribution in [0.4, 0.5) is 4.79 Å². The predicted octanol–water partition coefficient (Wildman–Crippen LogP) is -0.382. The molecule has 6 nitrogen and oxygen atoms in total. The molecule has 0 bridgehead atoms. The van der Waals surface area contributed by atoms with Crippen molar-refractivity contribution >= 4 is 12.0 Å². The first-order chi connectivity index (χ1) is 6.80. The number of aliphatic hydroxyl groups excluding tert-OH is 1. The van der Waals surface area contributed by atoms with Crippen LogP contribution in [-0.4, -0.2) is 42.4 Å². The summed E-state index contributed by atoms with van der Waals surface area (Å²) in [6, 6.07) is -1.55. The van der Waals surface area contributed by atoms with Crippen LogP contribution in [0.3, 0.4) is 0 Å². The number of methoxy groups -OCH3 is 1. The zero-order valence-electron chi connectivity index (χ0n) is 9.46. The number of ether oxygens (including phenoxy) is 1. The van der Waals surface area contributed by atoms with Crippen molar-refractivity contribution in [3.05, 3.63) is 0 Å². The van der Waals surface area contributed by atoms with Gasteiger partial charge in [0.1, 0.15) is 0 Å². The van der Waals surface area contributed by atoms with Crippen LogP contribution in [0.2, 0.25) is 0 Å². The summed E-state index contributed by atoms with van der Waals surface area (Å²) in [6.07, 6.45) is 0. The van der Waals surface area contributed by atoms with E-state index in [-0.39, 0.29) is 0 Å². The minimum absolute atomic E-state index is 0.403. The first-order valence-electron chi connectivity index (χ1n) is 4.57. The maximum Gasteiger partial charge on any atom is 0.330 e. The third-order valence-electron chi connectivity index (χ3n) is 1.46. The zero-order chi connectivity index (χ0) is 12.1. The van der Waals surface area contributed by atoms with Crippen molar-refractivity contribution in [3.8, 4) is 0 Å². The molecule has 0 spiro atoms. The second kappa shape index (κ2) is 5.55. The van der Waals surface area contributed by atoms with Gasteiger partial charge in [-0.2, -0.15) is 0 Å². The van der Waals surface area contributed by atoms with Crippen LogP contribution in [0, 0.1) is 0 Å². The van der Waals surface area contributed by atoms with E-state index in [1.54, 1.807) is 20.8 Å². The summed E-state index contributed by atoms with van der Waals surface area (Å²) in [4.78, 5) is 22.3. The Morgan fingerprint density at radius 3 is 2.27 bits per heavy atom. The number of amides is 2. The van der Waals surface area contributed by atoms with E-state index < -0.39 is 30.2 Å². The minimum atomic E-state index is -1.03. The number of rotatable bonds is 3. The Balaban J connectivity index is 4.20. The van der Waals surface area contributed by atoms with E-state index in [1.165, 1.54) is 7.11 Å². The number of carbonyl (C=O) groups is 2. The molecule has 2 amide bonds. The molecule has 0 radical (unpaired) electrons. The highest BCUT2D eigenvalue weighted by Gasteiger charge is 2.22. The molecule has 88 valence electrons. The van der Waals surface area contributed by atoms with Crippen LogP contribution < -0.4 is 10.6 Å². The van der Waals surface area contributed by atoms with Gasteiger partial charge >= 0.3 is 12.0 Å². The van der Waals surface area contributed by atoms with E-state index in [0.717, 1.165) is 0 Å². The first-order valence-corrected chi connectivity index (χ1v) is 4.57. The van der Waals surface area contributed by atoms with Crippen LogP contribution in [0.25, 0.3) is 0 Å². The Morgan fingerprint density at radius 1 is 1.40 bits per heavy atom. The highest BCUT2D eigenvalue weighted by molar-refractivity contribution is 5.83. The van der Waals surface area contributed by atoms with Gasteiger partial charge in [0.2, 0.25) is 0 Å². The fraction of sp³-hybridized carbons (Fsp3) is 0.778. The van der Waals surface area contributed by atoms with E-state index in [2.05, 4.69) is 15.4 Å². The lowest BCUT2D eigenvalue weighted by molar-refractivity contribution is -0.143. The molecular formula is C9H18N2O4. The smallest absolute Gasteiger partial charge is 0.330 e. The molecule has 0 aliphatic rings. The van der Waals surface area contributed by atoms with Crippen molar-refractivity contribution in [2.45, 2.75) is 32.4 Å². The monoisotopic (exact) mass is 218 g/mol. The maximum absolute atomic E-state index is 11.3. The number of aliphatic hydroxyl groups is 1. The Kier molecular flexibility index (Phi) is 5.07. The number of nitrogens with one attached hydrogen (secondary N) is 2. The first kappa shape index (κ1) is 13.7. The van der Waals surface area contributed by atoms with Crippen LogP contribution in [-0.2, 0) is 9.53 Å². The molecule has 0 aliphatic heterocycles. The summed E-state index contributed by atoms with van der Waals surface area (Å²) in [5.74, 6) is -0.679. The largest absolute Gasteiger partial charge is 0.467 e. The molecule has 0 saturated carbocycles. The number of hydrogen-bond acceptors (Lipinski definition) is 4. The SMILES string of the molecule is COC(=O)C(CO)NC(=O)NC(C)(C)C. The van der Waals surface area contributed by atoms with Gasteiger partial charge in [0.05, 0.1) is 13.7 Å². The van der Waals surface area contributed by atoms with E-state index in [1.807, 2.05) is 0 Å². The molecule has 1 unspecified atom stereocenters. The van der Waals surface area contributed by atoms with Crippen LogP contribution in [0.1, 0.15) is 20.8 Å². The molecule has 0 saturated heterocycles. The Bertz CT molecular complexity index is 235. The molecule has 0 aromatic rings. The van der Waals surface area contributed by atoms with E-state index in [0.29, 0.717) is 0 Å². The van der Waals surface area contributed by atoms with Gasteiger partial charge in [0, 0.05) is 5.54 Å². The Hall–Kier alpha value is -1.30. The normalized spacial score (nSPS) is 12.9. The lowest BCUT2D eigenvalue weighted by Gasteiger charge is -2.22.